The van der Waals surface area contributed by atoms with Gasteiger partial charge in [0, 0.05) is 35.9 Å². The van der Waals surface area contributed by atoms with Crippen LogP contribution in [-0.2, 0) is 19.2 Å². The van der Waals surface area contributed by atoms with Crippen molar-refractivity contribution in [3.63, 3.8) is 0 Å². The van der Waals surface area contributed by atoms with Gasteiger partial charge in [0.05, 0.1) is 11.5 Å². The molecule has 0 amide bonds. The first kappa shape index (κ1) is 18.6. The van der Waals surface area contributed by atoms with Gasteiger partial charge in [0.25, 0.3) is 5.69 Å². The van der Waals surface area contributed by atoms with Crippen LogP contribution in [0.4, 0.5) is 5.69 Å². The molecule has 7 nitrogen and oxygen atoms in total. The maximum Gasteiger partial charge on any atom is 0.270 e. The molecule has 0 aliphatic rings. The van der Waals surface area contributed by atoms with Gasteiger partial charge >= 0.3 is 0 Å². The lowest BCUT2D eigenvalue weighted by Crippen LogP contribution is -2.48. The van der Waals surface area contributed by atoms with Crippen molar-refractivity contribution in [3.8, 4) is 0 Å². The second-order valence-electron chi connectivity index (χ2n) is 5.20. The van der Waals surface area contributed by atoms with Gasteiger partial charge < -0.3 is 22.7 Å². The molecule has 0 bridgehead atoms. The summed E-state index contributed by atoms with van der Waals surface area (Å²) < 4.78 is 1.56. The number of aromatic nitrogens is 1. The average molecular weight is 359 g/mol. The molecule has 1 aromatic carbocycles. The lowest BCUT2D eigenvalue weighted by Gasteiger charge is -2.18. The molecule has 1 N–H and O–H groups in total. The summed E-state index contributed by atoms with van der Waals surface area (Å²) in [5.41, 5.74) is 0.616. The number of ketones is 1. The van der Waals surface area contributed by atoms with Crippen molar-refractivity contribution in [3.05, 3.63) is 70.0 Å². The number of aliphatic imine (C=N–C) groups is 1. The zero-order chi connectivity index (χ0) is 18.4. The summed E-state index contributed by atoms with van der Waals surface area (Å²) in [6.45, 7) is 2.03. The number of benzene rings is 1. The predicted octanol–water partition coefficient (Wildman–Crippen LogP) is 1.76. The monoisotopic (exact) mass is 359 g/mol. The average Bonchev–Trinajstić information content (AvgIpc) is 2.62. The minimum absolute atomic E-state index is 0.169. The quantitative estimate of drug-likeness (QED) is 0.155. The second-order valence-corrected chi connectivity index (χ2v) is 5.62. The summed E-state index contributed by atoms with van der Waals surface area (Å²) in [5.74, 6) is -0.397. The second kappa shape index (κ2) is 8.41. The third kappa shape index (κ3) is 4.43. The normalized spacial score (nSPS) is 12.6. The van der Waals surface area contributed by atoms with Crippen LogP contribution in [0.15, 0.2) is 53.8 Å². The number of nitro groups is 1. The highest BCUT2D eigenvalue weighted by molar-refractivity contribution is 7.77. The molecule has 0 aliphatic heterocycles. The number of nitro benzene ring substituents is 1. The molecule has 8 heteroatoms. The van der Waals surface area contributed by atoms with E-state index in [9.17, 15) is 20.0 Å². The first-order valence-corrected chi connectivity index (χ1v) is 7.99. The van der Waals surface area contributed by atoms with Gasteiger partial charge in [-0.15, -0.1) is 0 Å². The molecule has 0 fully saturated rings. The maximum atomic E-state index is 13.0. The van der Waals surface area contributed by atoms with E-state index < -0.39 is 16.7 Å². The van der Waals surface area contributed by atoms with Crippen LogP contribution in [0, 0.1) is 10.1 Å². The van der Waals surface area contributed by atoms with E-state index in [0.717, 1.165) is 0 Å². The van der Waals surface area contributed by atoms with Crippen molar-refractivity contribution >= 4 is 29.1 Å². The fourth-order valence-electron chi connectivity index (χ4n) is 2.35. The summed E-state index contributed by atoms with van der Waals surface area (Å²) in [7, 11) is 0. The van der Waals surface area contributed by atoms with Crippen molar-refractivity contribution in [2.45, 2.75) is 19.6 Å². The molecule has 0 spiro atoms. The molecule has 0 radical (unpaired) electrons. The Morgan fingerprint density at radius 1 is 1.40 bits per heavy atom. The van der Waals surface area contributed by atoms with Gasteiger partial charge in [0.2, 0.25) is 11.8 Å². The summed E-state index contributed by atoms with van der Waals surface area (Å²) in [6, 6.07) is 7.99. The Bertz CT molecular complexity index is 823. The summed E-state index contributed by atoms with van der Waals surface area (Å²) >= 11 is 5.29. The van der Waals surface area contributed by atoms with Crippen LogP contribution >= 0.6 is 0 Å². The fraction of sp³-hybridized carbons (Fsp3) is 0.235. The molecule has 1 heterocycles. The molecule has 1 atom stereocenters. The molecule has 1 unspecified atom stereocenters. The molecule has 0 aliphatic carbocycles. The molecule has 25 heavy (non-hydrogen) atoms. The smallest absolute Gasteiger partial charge is 0.270 e. The molecule has 0 saturated carbocycles. The summed E-state index contributed by atoms with van der Waals surface area (Å²) in [5, 5.41) is 20.4. The number of carbonyl (C=O) groups is 1. The van der Waals surface area contributed by atoms with E-state index >= 15 is 0 Å². The van der Waals surface area contributed by atoms with Crippen LogP contribution in [0.3, 0.4) is 0 Å². The van der Waals surface area contributed by atoms with Crippen molar-refractivity contribution in [2.24, 2.45) is 4.99 Å². The summed E-state index contributed by atoms with van der Waals surface area (Å²) in [6.07, 6.45) is 3.26. The standard InChI is InChI=1S/C17H17N3O4S/c1-2-18-17(25)15(19-8-4-5-12(10-19)11-21)16(22)13-6-3-7-14(9-13)20(23)24/h3-10,15,21H,2,11H2,1H3. The zero-order valence-corrected chi connectivity index (χ0v) is 14.3. The topological polar surface area (TPSA) is 96.7 Å². The lowest BCUT2D eigenvalue weighted by molar-refractivity contribution is -0.692. The van der Waals surface area contributed by atoms with E-state index in [0.29, 0.717) is 12.1 Å². The number of aliphatic hydroxyl groups excluding tert-OH is 1. The fourth-order valence-corrected chi connectivity index (χ4v) is 2.70. The Morgan fingerprint density at radius 2 is 2.16 bits per heavy atom. The Labute approximate surface area is 150 Å². The predicted molar refractivity (Wildman–Crippen MR) is 94.4 cm³/mol. The van der Waals surface area contributed by atoms with Gasteiger partial charge in [-0.05, 0) is 18.0 Å². The number of aliphatic hydroxyl groups is 1. The van der Waals surface area contributed by atoms with E-state index in [1.54, 1.807) is 36.0 Å². The Balaban J connectivity index is 2.51. The molecular formula is C17H17N3O4S. The van der Waals surface area contributed by atoms with Crippen molar-refractivity contribution in [1.82, 2.24) is 0 Å². The molecule has 2 rings (SSSR count). The molecular weight excluding hydrogens is 342 g/mol. The highest BCUT2D eigenvalue weighted by Crippen LogP contribution is 2.18. The minimum Gasteiger partial charge on any atom is -0.758 e. The number of pyridine rings is 1. The third-order valence-electron chi connectivity index (χ3n) is 3.50. The van der Waals surface area contributed by atoms with Gasteiger partial charge in [-0.1, -0.05) is 12.1 Å². The lowest BCUT2D eigenvalue weighted by atomic mass is 10.0. The number of non-ortho nitro benzene ring substituents is 1. The van der Waals surface area contributed by atoms with E-state index in [-0.39, 0.29) is 22.9 Å². The number of Topliss-reactive ketones (excluding diaryl/α,β-unsaturated/α-hetero) is 1. The zero-order valence-electron chi connectivity index (χ0n) is 13.5. The minimum atomic E-state index is -0.913. The SMILES string of the molecule is CCN=C([S-])C(C(=O)c1cccc([N+](=O)[O-])c1)[n+]1cccc(CO)c1. The van der Waals surface area contributed by atoms with Crippen molar-refractivity contribution < 1.29 is 19.4 Å². The van der Waals surface area contributed by atoms with E-state index in [1.807, 2.05) is 0 Å². The Hall–Kier alpha value is -2.71. The molecule has 1 aromatic heterocycles. The maximum absolute atomic E-state index is 13.0. The van der Waals surface area contributed by atoms with Crippen molar-refractivity contribution in [1.29, 1.82) is 0 Å². The van der Waals surface area contributed by atoms with Gasteiger partial charge in [-0.3, -0.25) is 14.9 Å². The van der Waals surface area contributed by atoms with Crippen LogP contribution in [0.5, 0.6) is 0 Å². The molecule has 2 aromatic rings. The Morgan fingerprint density at radius 3 is 2.80 bits per heavy atom. The van der Waals surface area contributed by atoms with Crippen molar-refractivity contribution in [2.75, 3.05) is 6.54 Å². The highest BCUT2D eigenvalue weighted by atomic mass is 32.1. The first-order chi connectivity index (χ1) is 12.0. The number of carbonyl (C=O) groups excluding carboxylic acids is 1. The van der Waals surface area contributed by atoms with Gasteiger partial charge in [0.1, 0.15) is 0 Å². The number of nitrogens with zero attached hydrogens (tertiary/aromatic N) is 3. The van der Waals surface area contributed by atoms with Crippen LogP contribution in [0.1, 0.15) is 28.9 Å². The van der Waals surface area contributed by atoms with E-state index in [4.69, 9.17) is 12.6 Å². The molecule has 130 valence electrons. The van der Waals surface area contributed by atoms with Crippen LogP contribution < -0.4 is 4.57 Å². The van der Waals surface area contributed by atoms with Gasteiger partial charge in [0.15, 0.2) is 12.4 Å². The highest BCUT2D eigenvalue weighted by Gasteiger charge is 2.29. The molecule has 0 saturated heterocycles. The summed E-state index contributed by atoms with van der Waals surface area (Å²) in [4.78, 5) is 27.5. The first-order valence-electron chi connectivity index (χ1n) is 7.58. The van der Waals surface area contributed by atoms with Gasteiger partial charge in [-0.25, -0.2) is 0 Å². The number of hydrogen-bond acceptors (Lipinski definition) is 6. The van der Waals surface area contributed by atoms with E-state index in [1.165, 1.54) is 24.3 Å². The third-order valence-corrected chi connectivity index (χ3v) is 3.85. The van der Waals surface area contributed by atoms with Crippen LogP contribution in [-0.4, -0.2) is 27.4 Å². The van der Waals surface area contributed by atoms with Gasteiger partial charge in [-0.2, -0.15) is 4.57 Å². The van der Waals surface area contributed by atoms with E-state index in [2.05, 4.69) is 4.99 Å². The van der Waals surface area contributed by atoms with Crippen LogP contribution in [0.2, 0.25) is 0 Å². The largest absolute Gasteiger partial charge is 0.758 e. The number of hydrogen-bond donors (Lipinski definition) is 1. The Kier molecular flexibility index (Phi) is 6.26. The number of rotatable bonds is 7. The van der Waals surface area contributed by atoms with Crippen LogP contribution in [0.25, 0.3) is 0 Å².